The average Bonchev–Trinajstić information content (AvgIpc) is 2.41. The molecule has 20 heavy (non-hydrogen) atoms. The van der Waals surface area contributed by atoms with Crippen LogP contribution in [0, 0.1) is 0 Å². The molecule has 0 radical (unpaired) electrons. The first-order valence-corrected chi connectivity index (χ1v) is 6.89. The Labute approximate surface area is 122 Å². The van der Waals surface area contributed by atoms with Gasteiger partial charge in [-0.25, -0.2) is 0 Å². The summed E-state index contributed by atoms with van der Waals surface area (Å²) in [5.74, 6) is 0.796. The maximum atomic E-state index is 10.1. The molecule has 0 bridgehead atoms. The summed E-state index contributed by atoms with van der Waals surface area (Å²) in [4.78, 5) is 2.10. The first kappa shape index (κ1) is 16.7. The quantitative estimate of drug-likeness (QED) is 0.534. The van der Waals surface area contributed by atoms with Gasteiger partial charge in [0, 0.05) is 19.6 Å². The zero-order valence-corrected chi connectivity index (χ0v) is 12.7. The lowest BCUT2D eigenvalue weighted by molar-refractivity contribution is 0.173. The second-order valence-corrected chi connectivity index (χ2v) is 5.34. The minimum absolute atomic E-state index is 0.493. The van der Waals surface area contributed by atoms with Crippen LogP contribution in [0.3, 0.4) is 0 Å². The van der Waals surface area contributed by atoms with Gasteiger partial charge in [0.2, 0.25) is 0 Å². The third kappa shape index (κ3) is 6.70. The molecule has 0 saturated heterocycles. The second kappa shape index (κ2) is 8.74. The molecule has 0 spiro atoms. The van der Waals surface area contributed by atoms with E-state index in [1.54, 1.807) is 0 Å². The average molecular weight is 278 g/mol. The smallest absolute Gasteiger partial charge is 0.119 e. The summed E-state index contributed by atoms with van der Waals surface area (Å²) < 4.78 is 5.52. The number of aliphatic hydroxyl groups excluding tert-OH is 1. The van der Waals surface area contributed by atoms with Crippen molar-refractivity contribution in [2.75, 3.05) is 40.3 Å². The molecule has 1 aromatic rings. The summed E-state index contributed by atoms with van der Waals surface area (Å²) in [6.45, 7) is 8.62. The van der Waals surface area contributed by atoms with Crippen LogP contribution in [0.2, 0.25) is 0 Å². The molecule has 1 atom stereocenters. The summed E-state index contributed by atoms with van der Waals surface area (Å²) in [6, 6.07) is 7.54. The van der Waals surface area contributed by atoms with Crippen LogP contribution in [0.25, 0.3) is 0 Å². The van der Waals surface area contributed by atoms with Gasteiger partial charge in [0.15, 0.2) is 0 Å². The molecular weight excluding hydrogens is 252 g/mol. The van der Waals surface area contributed by atoms with Crippen molar-refractivity contribution in [2.45, 2.75) is 13.0 Å². The van der Waals surface area contributed by atoms with Crippen molar-refractivity contribution in [3.63, 3.8) is 0 Å². The van der Waals surface area contributed by atoms with Crippen molar-refractivity contribution in [1.82, 2.24) is 10.2 Å². The van der Waals surface area contributed by atoms with E-state index in [2.05, 4.69) is 16.8 Å². The molecule has 1 unspecified atom stereocenters. The number of aliphatic hydroxyl groups is 1. The van der Waals surface area contributed by atoms with Gasteiger partial charge >= 0.3 is 0 Å². The fourth-order valence-electron chi connectivity index (χ4n) is 1.65. The Balaban J connectivity index is 2.37. The van der Waals surface area contributed by atoms with Crippen LogP contribution in [-0.2, 0) is 0 Å². The van der Waals surface area contributed by atoms with Crippen LogP contribution in [0.1, 0.15) is 18.6 Å². The first-order chi connectivity index (χ1) is 9.49. The van der Waals surface area contributed by atoms with E-state index in [0.29, 0.717) is 13.2 Å². The van der Waals surface area contributed by atoms with Gasteiger partial charge in [-0.3, -0.25) is 0 Å². The second-order valence-electron chi connectivity index (χ2n) is 5.34. The van der Waals surface area contributed by atoms with Crippen molar-refractivity contribution < 1.29 is 9.84 Å². The van der Waals surface area contributed by atoms with Gasteiger partial charge in [-0.2, -0.15) is 0 Å². The van der Waals surface area contributed by atoms with E-state index in [-0.39, 0.29) is 0 Å². The number of rotatable bonds is 9. The Bertz CT molecular complexity index is 401. The molecule has 0 fully saturated rings. The minimum Gasteiger partial charge on any atom is -0.489 e. The number of benzene rings is 1. The third-order valence-electron chi connectivity index (χ3n) is 2.82. The first-order valence-electron chi connectivity index (χ1n) is 6.89. The molecule has 1 aromatic carbocycles. The number of ether oxygens (including phenoxy) is 1. The van der Waals surface area contributed by atoms with E-state index in [1.807, 2.05) is 45.3 Å². The minimum atomic E-state index is -0.493. The van der Waals surface area contributed by atoms with Crippen LogP contribution in [0.15, 0.2) is 36.4 Å². The predicted octanol–water partition coefficient (Wildman–Crippen LogP) is 1.83. The zero-order valence-electron chi connectivity index (χ0n) is 12.7. The Hall–Kier alpha value is -1.36. The van der Waals surface area contributed by atoms with Gasteiger partial charge in [0.05, 0.1) is 6.10 Å². The van der Waals surface area contributed by atoms with Gasteiger partial charge in [-0.15, -0.1) is 0 Å². The normalized spacial score (nSPS) is 12.4. The van der Waals surface area contributed by atoms with Crippen LogP contribution < -0.4 is 10.1 Å². The van der Waals surface area contributed by atoms with Gasteiger partial charge in [0.25, 0.3) is 0 Å². The molecule has 0 aromatic heterocycles. The van der Waals surface area contributed by atoms with Crippen molar-refractivity contribution in [3.8, 4) is 5.75 Å². The molecule has 0 amide bonds. The number of hydrogen-bond acceptors (Lipinski definition) is 4. The highest BCUT2D eigenvalue weighted by molar-refractivity contribution is 5.29. The largest absolute Gasteiger partial charge is 0.489 e. The monoisotopic (exact) mass is 278 g/mol. The molecule has 112 valence electrons. The molecule has 4 heteroatoms. The summed E-state index contributed by atoms with van der Waals surface area (Å²) in [5.41, 5.74) is 1.88. The highest BCUT2D eigenvalue weighted by Gasteiger charge is 2.07. The molecule has 0 aliphatic rings. The molecular formula is C16H26N2O2. The number of hydrogen-bond donors (Lipinski definition) is 2. The Kier molecular flexibility index (Phi) is 7.30. The lowest BCUT2D eigenvalue weighted by atomic mass is 10.1. The topological polar surface area (TPSA) is 44.7 Å². The van der Waals surface area contributed by atoms with Crippen molar-refractivity contribution >= 4 is 0 Å². The van der Waals surface area contributed by atoms with Crippen LogP contribution in [-0.4, -0.2) is 50.3 Å². The van der Waals surface area contributed by atoms with Crippen molar-refractivity contribution in [1.29, 1.82) is 0 Å². The predicted molar refractivity (Wildman–Crippen MR) is 83.1 cm³/mol. The molecule has 0 aliphatic carbocycles. The molecule has 0 aliphatic heterocycles. The van der Waals surface area contributed by atoms with E-state index in [9.17, 15) is 5.11 Å². The Morgan fingerprint density at radius 1 is 1.35 bits per heavy atom. The number of likely N-dealkylation sites (N-methyl/N-ethyl adjacent to an activating group) is 1. The number of nitrogens with one attached hydrogen (secondary N) is 1. The maximum absolute atomic E-state index is 10.1. The molecule has 0 saturated carbocycles. The fourth-order valence-corrected chi connectivity index (χ4v) is 1.65. The maximum Gasteiger partial charge on any atom is 0.119 e. The van der Waals surface area contributed by atoms with Crippen LogP contribution in [0.5, 0.6) is 5.75 Å². The highest BCUT2D eigenvalue weighted by Crippen LogP contribution is 2.17. The van der Waals surface area contributed by atoms with E-state index in [1.165, 1.54) is 0 Å². The van der Waals surface area contributed by atoms with Crippen LogP contribution >= 0.6 is 0 Å². The third-order valence-corrected chi connectivity index (χ3v) is 2.82. The van der Waals surface area contributed by atoms with Crippen molar-refractivity contribution in [3.05, 3.63) is 42.0 Å². The summed E-state index contributed by atoms with van der Waals surface area (Å²) in [7, 11) is 4.06. The van der Waals surface area contributed by atoms with Gasteiger partial charge < -0.3 is 20.1 Å². The Morgan fingerprint density at radius 2 is 2.00 bits per heavy atom. The van der Waals surface area contributed by atoms with E-state index in [4.69, 9.17) is 4.74 Å². The summed E-state index contributed by atoms with van der Waals surface area (Å²) in [6.07, 6.45) is -0.493. The molecule has 1 rings (SSSR count). The van der Waals surface area contributed by atoms with E-state index in [0.717, 1.165) is 30.0 Å². The standard InChI is InChI=1S/C16H26N2O2/c1-13(2)12-20-15-7-5-14(6-8-15)16(19)11-17-9-10-18(3)4/h5-8,16-17,19H,1,9-12H2,2-4H3. The van der Waals surface area contributed by atoms with E-state index >= 15 is 0 Å². The van der Waals surface area contributed by atoms with Gasteiger partial charge in [-0.1, -0.05) is 18.7 Å². The van der Waals surface area contributed by atoms with Gasteiger partial charge in [-0.05, 0) is 44.3 Å². The molecule has 0 heterocycles. The van der Waals surface area contributed by atoms with Crippen molar-refractivity contribution in [2.24, 2.45) is 0 Å². The molecule has 4 nitrogen and oxygen atoms in total. The van der Waals surface area contributed by atoms with Gasteiger partial charge in [0.1, 0.15) is 12.4 Å². The molecule has 2 N–H and O–H groups in total. The lowest BCUT2D eigenvalue weighted by Gasteiger charge is -2.15. The number of nitrogens with zero attached hydrogens (tertiary/aromatic N) is 1. The Morgan fingerprint density at radius 3 is 2.55 bits per heavy atom. The fraction of sp³-hybridized carbons (Fsp3) is 0.500. The van der Waals surface area contributed by atoms with Crippen LogP contribution in [0.4, 0.5) is 0 Å². The lowest BCUT2D eigenvalue weighted by Crippen LogP contribution is -2.29. The van der Waals surface area contributed by atoms with E-state index < -0.39 is 6.10 Å². The highest BCUT2D eigenvalue weighted by atomic mass is 16.5. The summed E-state index contributed by atoms with van der Waals surface area (Å²) >= 11 is 0. The summed E-state index contributed by atoms with van der Waals surface area (Å²) in [5, 5.41) is 13.3. The zero-order chi connectivity index (χ0) is 15.0. The SMILES string of the molecule is C=C(C)COc1ccc(C(O)CNCCN(C)C)cc1.